The normalized spacial score (nSPS) is 47.8. The first-order valence-corrected chi connectivity index (χ1v) is 13.5. The minimum atomic E-state index is -1.47. The lowest BCUT2D eigenvalue weighted by atomic mass is 9.51. The number of fused-ring (bicyclic) bond motifs is 2. The number of aliphatic hydroxyl groups is 2. The third-order valence-electron chi connectivity index (χ3n) is 10.1. The van der Waals surface area contributed by atoms with Gasteiger partial charge in [0.2, 0.25) is 0 Å². The van der Waals surface area contributed by atoms with Crippen molar-refractivity contribution in [2.45, 2.75) is 88.2 Å². The maximum Gasteiger partial charge on any atom is 0.331 e. The Bertz CT molecular complexity index is 1150. The topological polar surface area (TPSA) is 124 Å². The summed E-state index contributed by atoms with van der Waals surface area (Å²) in [6.45, 7) is 6.43. The van der Waals surface area contributed by atoms with E-state index in [2.05, 4.69) is 19.9 Å². The van der Waals surface area contributed by atoms with Gasteiger partial charge < -0.3 is 33.9 Å². The van der Waals surface area contributed by atoms with Crippen LogP contribution in [0, 0.1) is 10.8 Å². The van der Waals surface area contributed by atoms with Crippen molar-refractivity contribution in [2.75, 3.05) is 19.8 Å². The number of cyclic esters (lactones) is 1. The van der Waals surface area contributed by atoms with Crippen LogP contribution in [0.1, 0.15) is 46.5 Å². The van der Waals surface area contributed by atoms with Gasteiger partial charge in [0.1, 0.15) is 30.0 Å². The van der Waals surface area contributed by atoms with E-state index in [1.807, 2.05) is 0 Å². The van der Waals surface area contributed by atoms with Gasteiger partial charge in [-0.15, -0.1) is 0 Å². The van der Waals surface area contributed by atoms with Crippen LogP contribution in [0.2, 0.25) is 0 Å². The molecule has 2 spiro atoms. The lowest BCUT2D eigenvalue weighted by Crippen LogP contribution is -2.66. The van der Waals surface area contributed by atoms with E-state index in [4.69, 9.17) is 23.7 Å². The van der Waals surface area contributed by atoms with Gasteiger partial charge >= 0.3 is 11.9 Å². The zero-order valence-electron chi connectivity index (χ0n) is 22.1. The maximum absolute atomic E-state index is 13.2. The van der Waals surface area contributed by atoms with Gasteiger partial charge in [-0.1, -0.05) is 30.7 Å². The number of carbonyl (C=O) groups excluding carboxylic acids is 2. The minimum absolute atomic E-state index is 0.0519. The van der Waals surface area contributed by atoms with E-state index in [1.165, 1.54) is 36.8 Å². The quantitative estimate of drug-likeness (QED) is 0.299. The standard InChI is InChI=1S/C29H36O9/c1-17-7-10-27-15-34-24(32)13-19-8-11-35-28(18(2)30,25(19)33)9-5-4-6-23(31)38-20-14-22(37-21(27)12-17)29(16-36-29)26(20,27)3/h4-6,9,12-13,18,20-22,25,30,33H,7-8,10-11,14-16H2,1-3H3/b6-4?,9-5+,19-13?/t18-,20?,21+,22+,25+,26+,27+,28-,29-/m0/s1. The summed E-state index contributed by atoms with van der Waals surface area (Å²) < 4.78 is 30.6. The number of rotatable bonds is 1. The number of hydrogen-bond acceptors (Lipinski definition) is 9. The molecular weight excluding hydrogens is 492 g/mol. The molecule has 9 nitrogen and oxygen atoms in total. The molecule has 1 saturated carbocycles. The summed E-state index contributed by atoms with van der Waals surface area (Å²) in [7, 11) is 0. The Morgan fingerprint density at radius 3 is 2.61 bits per heavy atom. The number of allylic oxidation sites excluding steroid dienone is 3. The van der Waals surface area contributed by atoms with E-state index in [1.54, 1.807) is 6.08 Å². The van der Waals surface area contributed by atoms with Gasteiger partial charge in [0.15, 0.2) is 0 Å². The number of epoxide rings is 1. The van der Waals surface area contributed by atoms with Crippen LogP contribution in [0.3, 0.4) is 0 Å². The second-order valence-corrected chi connectivity index (χ2v) is 11.8. The van der Waals surface area contributed by atoms with Gasteiger partial charge in [0.25, 0.3) is 0 Å². The average Bonchev–Trinajstić information content (AvgIpc) is 3.65. The second-order valence-electron chi connectivity index (χ2n) is 11.8. The Labute approximate surface area is 222 Å². The highest BCUT2D eigenvalue weighted by Crippen LogP contribution is 2.72. The second kappa shape index (κ2) is 8.86. The number of aliphatic hydroxyl groups excluding tert-OH is 2. The third kappa shape index (κ3) is 3.48. The van der Waals surface area contributed by atoms with Gasteiger partial charge in [0.05, 0.1) is 36.9 Å². The molecule has 4 bridgehead atoms. The fourth-order valence-corrected chi connectivity index (χ4v) is 7.68. The van der Waals surface area contributed by atoms with Crippen molar-refractivity contribution in [3.8, 4) is 0 Å². The van der Waals surface area contributed by atoms with E-state index in [9.17, 15) is 19.8 Å². The summed E-state index contributed by atoms with van der Waals surface area (Å²) >= 11 is 0. The van der Waals surface area contributed by atoms with Crippen LogP contribution in [0.25, 0.3) is 0 Å². The molecule has 38 heavy (non-hydrogen) atoms. The molecule has 0 radical (unpaired) electrons. The van der Waals surface area contributed by atoms with Crippen LogP contribution in [-0.4, -0.2) is 83.7 Å². The first-order valence-electron chi connectivity index (χ1n) is 13.5. The molecule has 1 unspecified atom stereocenters. The summed E-state index contributed by atoms with van der Waals surface area (Å²) in [5.41, 5.74) is -1.76. The number of carbonyl (C=O) groups is 2. The zero-order chi connectivity index (χ0) is 26.9. The highest BCUT2D eigenvalue weighted by Gasteiger charge is 2.83. The lowest BCUT2D eigenvalue weighted by molar-refractivity contribution is -0.232. The van der Waals surface area contributed by atoms with Crippen molar-refractivity contribution in [1.29, 1.82) is 0 Å². The third-order valence-corrected chi connectivity index (χ3v) is 10.1. The molecule has 0 aromatic carbocycles. The molecule has 0 aromatic rings. The SMILES string of the molecule is CC1=C[C@H]2O[C@@H]3CC4OC(=O)C=C/C=C/[C@@]5([C@H](C)O)OCCC(=CC(=O)OC[C@@]2(CC1)[C@]4(C)[C@]31CO1)[C@H]5O. The van der Waals surface area contributed by atoms with Gasteiger partial charge in [-0.3, -0.25) is 0 Å². The van der Waals surface area contributed by atoms with Gasteiger partial charge in [-0.25, -0.2) is 9.59 Å². The van der Waals surface area contributed by atoms with Crippen LogP contribution in [0.15, 0.2) is 47.6 Å². The largest absolute Gasteiger partial charge is 0.462 e. The van der Waals surface area contributed by atoms with Gasteiger partial charge in [0, 0.05) is 24.0 Å². The zero-order valence-corrected chi connectivity index (χ0v) is 22.1. The average molecular weight is 529 g/mol. The van der Waals surface area contributed by atoms with Gasteiger partial charge in [-0.2, -0.15) is 0 Å². The molecule has 2 aliphatic carbocycles. The molecule has 9 heteroatoms. The Kier molecular flexibility index (Phi) is 6.05. The summed E-state index contributed by atoms with van der Waals surface area (Å²) in [6, 6.07) is 0. The molecule has 9 atom stereocenters. The van der Waals surface area contributed by atoms with Crippen LogP contribution in [-0.2, 0) is 33.3 Å². The molecule has 0 amide bonds. The number of esters is 2. The number of ether oxygens (including phenoxy) is 5. The molecule has 4 fully saturated rings. The molecule has 6 aliphatic rings. The Balaban J connectivity index is 1.44. The van der Waals surface area contributed by atoms with Crippen molar-refractivity contribution in [1.82, 2.24) is 0 Å². The Morgan fingerprint density at radius 1 is 1.08 bits per heavy atom. The van der Waals surface area contributed by atoms with Crippen LogP contribution in [0.4, 0.5) is 0 Å². The van der Waals surface area contributed by atoms with Crippen molar-refractivity contribution < 1.29 is 43.5 Å². The van der Waals surface area contributed by atoms with E-state index in [0.717, 1.165) is 6.42 Å². The summed E-state index contributed by atoms with van der Waals surface area (Å²) in [5.74, 6) is -1.10. The number of hydrogen-bond donors (Lipinski definition) is 2. The molecule has 0 aromatic heterocycles. The van der Waals surface area contributed by atoms with Crippen LogP contribution < -0.4 is 0 Å². The molecule has 4 heterocycles. The highest BCUT2D eigenvalue weighted by atomic mass is 16.6. The minimum Gasteiger partial charge on any atom is -0.462 e. The van der Waals surface area contributed by atoms with E-state index in [0.29, 0.717) is 31.4 Å². The van der Waals surface area contributed by atoms with E-state index < -0.39 is 52.3 Å². The van der Waals surface area contributed by atoms with Crippen molar-refractivity contribution in [2.24, 2.45) is 10.8 Å². The summed E-state index contributed by atoms with van der Waals surface area (Å²) in [4.78, 5) is 26.2. The fourth-order valence-electron chi connectivity index (χ4n) is 7.68. The summed E-state index contributed by atoms with van der Waals surface area (Å²) in [5, 5.41) is 21.7. The Hall–Kier alpha value is -2.30. The molecule has 4 aliphatic heterocycles. The van der Waals surface area contributed by atoms with Crippen molar-refractivity contribution in [3.63, 3.8) is 0 Å². The smallest absolute Gasteiger partial charge is 0.331 e. The summed E-state index contributed by atoms with van der Waals surface area (Å²) in [6.07, 6.45) is 8.21. The van der Waals surface area contributed by atoms with E-state index >= 15 is 0 Å². The fraction of sp³-hybridized carbons (Fsp3) is 0.655. The predicted octanol–water partition coefficient (Wildman–Crippen LogP) is 2.07. The van der Waals surface area contributed by atoms with Crippen molar-refractivity contribution in [3.05, 3.63) is 47.6 Å². The molecule has 3 saturated heterocycles. The monoisotopic (exact) mass is 528 g/mol. The van der Waals surface area contributed by atoms with Crippen LogP contribution in [0.5, 0.6) is 0 Å². The highest BCUT2D eigenvalue weighted by molar-refractivity contribution is 5.83. The maximum atomic E-state index is 13.2. The molecule has 2 N–H and O–H groups in total. The first kappa shape index (κ1) is 26.0. The van der Waals surface area contributed by atoms with E-state index in [-0.39, 0.29) is 25.4 Å². The predicted molar refractivity (Wildman–Crippen MR) is 134 cm³/mol. The van der Waals surface area contributed by atoms with Crippen molar-refractivity contribution >= 4 is 11.9 Å². The lowest BCUT2D eigenvalue weighted by Gasteiger charge is -2.58. The first-order chi connectivity index (χ1) is 18.1. The Morgan fingerprint density at radius 2 is 1.87 bits per heavy atom. The molecular formula is C29H36O9. The molecule has 6 rings (SSSR count). The van der Waals surface area contributed by atoms with Gasteiger partial charge in [-0.05, 0) is 44.8 Å². The van der Waals surface area contributed by atoms with Crippen LogP contribution >= 0.6 is 0 Å². The molecule has 206 valence electrons.